The monoisotopic (exact) mass is 476 g/mol. The predicted molar refractivity (Wildman–Crippen MR) is 131 cm³/mol. The lowest BCUT2D eigenvalue weighted by Crippen LogP contribution is -2.61. The van der Waals surface area contributed by atoms with Gasteiger partial charge in [0.2, 0.25) is 5.91 Å². The second-order valence-electron chi connectivity index (χ2n) is 10.2. The highest BCUT2D eigenvalue weighted by Gasteiger charge is 2.49. The van der Waals surface area contributed by atoms with Crippen LogP contribution in [0, 0.1) is 5.92 Å². The molecule has 2 saturated heterocycles. The Morgan fingerprint density at radius 3 is 2.06 bits per heavy atom. The van der Waals surface area contributed by atoms with E-state index in [-0.39, 0.29) is 30.5 Å². The van der Waals surface area contributed by atoms with Crippen LogP contribution in [0.2, 0.25) is 0 Å². The lowest BCUT2D eigenvalue weighted by Gasteiger charge is -2.42. The van der Waals surface area contributed by atoms with Gasteiger partial charge < -0.3 is 20.1 Å². The topological polar surface area (TPSA) is 95.9 Å². The molecule has 7 nitrogen and oxygen atoms in total. The standard InChI is InChI=1S/C28H32N2O5/c1-3-28(2,26(33)30-18-12-13-19(30)15-17(14-18)25(31)32)29-27(34)35-16-24-22-10-6-4-8-20(22)21-9-5-7-11-23(21)24/h4-11,17-19,24H,3,12-16H2,1-2H3,(H,29,34)(H,31,32). The zero-order chi connectivity index (χ0) is 24.7. The molecule has 2 aromatic rings. The summed E-state index contributed by atoms with van der Waals surface area (Å²) in [6.45, 7) is 3.79. The number of rotatable bonds is 6. The van der Waals surface area contributed by atoms with Crippen molar-refractivity contribution in [3.63, 3.8) is 0 Å². The van der Waals surface area contributed by atoms with Crippen LogP contribution < -0.4 is 5.32 Å². The van der Waals surface area contributed by atoms with Crippen molar-refractivity contribution in [2.75, 3.05) is 6.61 Å². The lowest BCUT2D eigenvalue weighted by atomic mass is 9.88. The molecule has 2 fully saturated rings. The van der Waals surface area contributed by atoms with E-state index in [1.165, 1.54) is 0 Å². The van der Waals surface area contributed by atoms with Crippen molar-refractivity contribution in [1.82, 2.24) is 10.2 Å². The number of fused-ring (bicyclic) bond motifs is 5. The number of benzene rings is 2. The van der Waals surface area contributed by atoms with Gasteiger partial charge in [0.1, 0.15) is 12.1 Å². The molecule has 35 heavy (non-hydrogen) atoms. The summed E-state index contributed by atoms with van der Waals surface area (Å²) < 4.78 is 5.69. The van der Waals surface area contributed by atoms with E-state index in [4.69, 9.17) is 4.74 Å². The van der Waals surface area contributed by atoms with Crippen molar-refractivity contribution in [3.05, 3.63) is 59.7 Å². The van der Waals surface area contributed by atoms with Crippen LogP contribution in [0.5, 0.6) is 0 Å². The van der Waals surface area contributed by atoms with Gasteiger partial charge in [-0.3, -0.25) is 9.59 Å². The predicted octanol–water partition coefficient (Wildman–Crippen LogP) is 4.55. The Hall–Kier alpha value is -3.35. The van der Waals surface area contributed by atoms with Crippen LogP contribution in [0.15, 0.2) is 48.5 Å². The number of carbonyl (C=O) groups is 3. The zero-order valence-corrected chi connectivity index (χ0v) is 20.2. The Balaban J connectivity index is 1.26. The molecule has 2 amide bonds. The van der Waals surface area contributed by atoms with Crippen molar-refractivity contribution in [2.24, 2.45) is 5.92 Å². The summed E-state index contributed by atoms with van der Waals surface area (Å²) in [5.74, 6) is -1.39. The van der Waals surface area contributed by atoms with E-state index in [1.807, 2.05) is 36.1 Å². The number of nitrogens with zero attached hydrogens (tertiary/aromatic N) is 1. The summed E-state index contributed by atoms with van der Waals surface area (Å²) >= 11 is 0. The molecule has 0 spiro atoms. The molecule has 5 rings (SSSR count). The van der Waals surface area contributed by atoms with E-state index in [2.05, 4.69) is 29.6 Å². The minimum Gasteiger partial charge on any atom is -0.481 e. The van der Waals surface area contributed by atoms with Gasteiger partial charge in [0, 0.05) is 18.0 Å². The van der Waals surface area contributed by atoms with Crippen molar-refractivity contribution in [1.29, 1.82) is 0 Å². The van der Waals surface area contributed by atoms with Gasteiger partial charge in [-0.15, -0.1) is 0 Å². The number of aliphatic carboxylic acids is 1. The number of carboxylic acids is 1. The Labute approximate surface area is 205 Å². The maximum absolute atomic E-state index is 13.6. The van der Waals surface area contributed by atoms with E-state index in [9.17, 15) is 19.5 Å². The first kappa shape index (κ1) is 23.4. The zero-order valence-electron chi connectivity index (χ0n) is 20.2. The van der Waals surface area contributed by atoms with E-state index >= 15 is 0 Å². The molecule has 3 unspecified atom stereocenters. The van der Waals surface area contributed by atoms with Crippen molar-refractivity contribution >= 4 is 18.0 Å². The second kappa shape index (κ2) is 9.02. The number of piperidine rings is 1. The molecule has 3 aliphatic rings. The van der Waals surface area contributed by atoms with Crippen molar-refractivity contribution < 1.29 is 24.2 Å². The molecule has 2 N–H and O–H groups in total. The number of nitrogens with one attached hydrogen (secondary N) is 1. The summed E-state index contributed by atoms with van der Waals surface area (Å²) in [7, 11) is 0. The van der Waals surface area contributed by atoms with Gasteiger partial charge in [0.25, 0.3) is 0 Å². The number of ether oxygens (including phenoxy) is 1. The molecular weight excluding hydrogens is 444 g/mol. The van der Waals surface area contributed by atoms with Crippen LogP contribution in [0.4, 0.5) is 4.79 Å². The third kappa shape index (κ3) is 4.07. The molecule has 2 heterocycles. The van der Waals surface area contributed by atoms with Crippen molar-refractivity contribution in [2.45, 2.75) is 69.5 Å². The van der Waals surface area contributed by atoms with Crippen LogP contribution >= 0.6 is 0 Å². The molecule has 0 aromatic heterocycles. The molecule has 184 valence electrons. The number of hydrogen-bond acceptors (Lipinski definition) is 4. The first-order valence-corrected chi connectivity index (χ1v) is 12.5. The summed E-state index contributed by atoms with van der Waals surface area (Å²) in [6, 6.07) is 16.1. The van der Waals surface area contributed by atoms with Crippen LogP contribution in [0.3, 0.4) is 0 Å². The van der Waals surface area contributed by atoms with E-state index in [0.717, 1.165) is 35.1 Å². The molecular formula is C28H32N2O5. The first-order chi connectivity index (χ1) is 16.8. The molecule has 0 saturated carbocycles. The van der Waals surface area contributed by atoms with E-state index < -0.39 is 23.5 Å². The molecule has 1 aliphatic carbocycles. The second-order valence-corrected chi connectivity index (χ2v) is 10.2. The van der Waals surface area contributed by atoms with Gasteiger partial charge in [0.05, 0.1) is 5.92 Å². The van der Waals surface area contributed by atoms with Crippen LogP contribution in [-0.2, 0) is 14.3 Å². The molecule has 7 heteroatoms. The largest absolute Gasteiger partial charge is 0.481 e. The van der Waals surface area contributed by atoms with Gasteiger partial charge in [0.15, 0.2) is 0 Å². The smallest absolute Gasteiger partial charge is 0.408 e. The van der Waals surface area contributed by atoms with Gasteiger partial charge in [-0.2, -0.15) is 0 Å². The quantitative estimate of drug-likeness (QED) is 0.638. The van der Waals surface area contributed by atoms with Gasteiger partial charge in [-0.1, -0.05) is 55.5 Å². The SMILES string of the molecule is CCC(C)(NC(=O)OCC1c2ccccc2-c2ccccc21)C(=O)N1C2CCC1CC(C(=O)O)C2. The Kier molecular flexibility index (Phi) is 6.03. The molecule has 3 atom stereocenters. The molecule has 0 radical (unpaired) electrons. The van der Waals surface area contributed by atoms with Crippen LogP contribution in [-0.4, -0.2) is 52.2 Å². The molecule has 2 aromatic carbocycles. The maximum atomic E-state index is 13.6. The Morgan fingerprint density at radius 1 is 1.00 bits per heavy atom. The Bertz CT molecular complexity index is 1100. The Morgan fingerprint density at radius 2 is 1.54 bits per heavy atom. The summed E-state index contributed by atoms with van der Waals surface area (Å²) in [4.78, 5) is 39.9. The number of carboxylic acid groups (broad SMARTS) is 1. The van der Waals surface area contributed by atoms with Gasteiger partial charge in [-0.25, -0.2) is 4.79 Å². The molecule has 2 bridgehead atoms. The highest BCUT2D eigenvalue weighted by atomic mass is 16.5. The fourth-order valence-electron chi connectivity index (χ4n) is 6.15. The third-order valence-electron chi connectivity index (χ3n) is 8.22. The average Bonchev–Trinajstić information content (AvgIpc) is 3.32. The number of hydrogen-bond donors (Lipinski definition) is 2. The molecule has 2 aliphatic heterocycles. The first-order valence-electron chi connectivity index (χ1n) is 12.5. The lowest BCUT2D eigenvalue weighted by molar-refractivity contribution is -0.151. The third-order valence-corrected chi connectivity index (χ3v) is 8.22. The number of amides is 2. The van der Waals surface area contributed by atoms with E-state index in [1.54, 1.807) is 6.92 Å². The highest BCUT2D eigenvalue weighted by Crippen LogP contribution is 2.44. The fraction of sp³-hybridized carbons (Fsp3) is 0.464. The number of carbonyl (C=O) groups excluding carboxylic acids is 2. The normalized spacial score (nSPS) is 24.3. The fourth-order valence-corrected chi connectivity index (χ4v) is 6.15. The summed E-state index contributed by atoms with van der Waals surface area (Å²) in [5, 5.41) is 12.3. The minimum atomic E-state index is -1.11. The number of alkyl carbamates (subject to hydrolysis) is 1. The minimum absolute atomic E-state index is 0.0531. The van der Waals surface area contributed by atoms with E-state index in [0.29, 0.717) is 19.3 Å². The summed E-state index contributed by atoms with van der Waals surface area (Å²) in [5.41, 5.74) is 3.47. The van der Waals surface area contributed by atoms with Crippen LogP contribution in [0.1, 0.15) is 63.0 Å². The van der Waals surface area contributed by atoms with Gasteiger partial charge in [-0.05, 0) is 61.3 Å². The van der Waals surface area contributed by atoms with Crippen LogP contribution in [0.25, 0.3) is 11.1 Å². The average molecular weight is 477 g/mol. The maximum Gasteiger partial charge on any atom is 0.408 e. The van der Waals surface area contributed by atoms with Gasteiger partial charge >= 0.3 is 12.1 Å². The highest BCUT2D eigenvalue weighted by molar-refractivity contribution is 5.90. The van der Waals surface area contributed by atoms with Crippen molar-refractivity contribution in [3.8, 4) is 11.1 Å². The summed E-state index contributed by atoms with van der Waals surface area (Å²) in [6.07, 6.45) is 2.37.